The van der Waals surface area contributed by atoms with Crippen LogP contribution in [0, 0.1) is 17.7 Å². The fraction of sp³-hybridized carbons (Fsp3) is 0.500. The zero-order valence-corrected chi connectivity index (χ0v) is 32.2. The Morgan fingerprint density at radius 1 is 1.07 bits per heavy atom. The van der Waals surface area contributed by atoms with E-state index in [0.717, 1.165) is 6.42 Å². The van der Waals surface area contributed by atoms with E-state index in [2.05, 4.69) is 15.4 Å². The first-order valence-electron chi connectivity index (χ1n) is 18.4. The Bertz CT molecular complexity index is 1960. The SMILES string of the molecule is CC(C)COC(=O)N[C@H]1CCCCC/C=C\[C@H]2C[C@@]2(C(=O)NS(=O)(=O)c2ccc(Cl)cc2)NC(=O)[C@@H]2C[C@@H](OC(=O)N3Cc4cccc(F)c4C3)CN2C1=O. The third-order valence-corrected chi connectivity index (χ3v) is 11.9. The Labute approximate surface area is 324 Å². The summed E-state index contributed by atoms with van der Waals surface area (Å²) < 4.78 is 54.2. The topological polar surface area (TPSA) is 181 Å². The highest BCUT2D eigenvalue weighted by Gasteiger charge is 2.61. The van der Waals surface area contributed by atoms with Crippen molar-refractivity contribution in [3.05, 3.63) is 76.6 Å². The lowest BCUT2D eigenvalue weighted by Gasteiger charge is -2.29. The number of nitrogens with zero attached hydrogens (tertiary/aromatic N) is 2. The minimum absolute atomic E-state index is 0.0178. The zero-order valence-electron chi connectivity index (χ0n) is 30.6. The largest absolute Gasteiger partial charge is 0.449 e. The van der Waals surface area contributed by atoms with Crippen LogP contribution in [-0.4, -0.2) is 85.0 Å². The van der Waals surface area contributed by atoms with E-state index in [0.29, 0.717) is 35.4 Å². The van der Waals surface area contributed by atoms with Gasteiger partial charge in [0.2, 0.25) is 11.8 Å². The number of hydrogen-bond acceptors (Lipinski definition) is 9. The van der Waals surface area contributed by atoms with E-state index in [-0.39, 0.29) is 56.3 Å². The van der Waals surface area contributed by atoms with Gasteiger partial charge in [0.25, 0.3) is 15.9 Å². The smallest absolute Gasteiger partial charge is 0.410 e. The molecule has 3 N–H and O–H groups in total. The van der Waals surface area contributed by atoms with Crippen LogP contribution in [0.3, 0.4) is 0 Å². The fourth-order valence-electron chi connectivity index (χ4n) is 7.20. The van der Waals surface area contributed by atoms with Crippen molar-refractivity contribution in [2.24, 2.45) is 11.8 Å². The van der Waals surface area contributed by atoms with Crippen molar-refractivity contribution in [3.8, 4) is 0 Å². The summed E-state index contributed by atoms with van der Waals surface area (Å²) in [6, 6.07) is 7.46. The Balaban J connectivity index is 1.26. The number of alkyl carbamates (subject to hydrolysis) is 1. The van der Waals surface area contributed by atoms with Gasteiger partial charge in [0.05, 0.1) is 24.6 Å². The number of nitrogens with one attached hydrogen (secondary N) is 3. The Hall–Kier alpha value is -4.70. The highest BCUT2D eigenvalue weighted by Crippen LogP contribution is 2.46. The number of halogens is 2. The first kappa shape index (κ1) is 40.0. The fourth-order valence-corrected chi connectivity index (χ4v) is 8.37. The third-order valence-electron chi connectivity index (χ3n) is 10.3. The van der Waals surface area contributed by atoms with Crippen molar-refractivity contribution in [1.82, 2.24) is 25.2 Å². The molecule has 0 unspecified atom stereocenters. The van der Waals surface area contributed by atoms with Gasteiger partial charge in [-0.1, -0.05) is 62.6 Å². The standard InChI is InChI=1S/C38H45ClFN5O9S/c1-23(2)22-53-36(49)41-31-12-7-5-3-4-6-10-25-18-38(25,35(48)43-55(51,52)28-15-13-26(39)14-16-28)42-33(46)32-17-27(20-45(32)34(31)47)54-37(50)44-19-24-9-8-11-30(40)29(24)21-44/h6,8-11,13-16,23,25,27,31-32H,3-5,7,12,17-22H2,1-2H3,(H,41,49)(H,42,46)(H,43,48)/b10-6-/t25-,27+,31-,32-,38+/m0/s1. The van der Waals surface area contributed by atoms with E-state index >= 15 is 0 Å². The van der Waals surface area contributed by atoms with Crippen LogP contribution in [-0.2, 0) is 47.0 Å². The maximum Gasteiger partial charge on any atom is 0.410 e. The van der Waals surface area contributed by atoms with Crippen molar-refractivity contribution in [2.45, 2.75) is 101 Å². The summed E-state index contributed by atoms with van der Waals surface area (Å²) in [7, 11) is -4.36. The molecule has 2 aromatic carbocycles. The molecule has 6 rings (SSSR count). The van der Waals surface area contributed by atoms with Gasteiger partial charge >= 0.3 is 12.2 Å². The number of hydrogen-bond donors (Lipinski definition) is 3. The minimum Gasteiger partial charge on any atom is -0.449 e. The molecule has 0 aromatic heterocycles. The molecule has 1 saturated heterocycles. The molecule has 5 atom stereocenters. The summed E-state index contributed by atoms with van der Waals surface area (Å²) in [6.07, 6.45) is 3.90. The van der Waals surface area contributed by atoms with Crippen LogP contribution < -0.4 is 15.4 Å². The number of carbonyl (C=O) groups excluding carboxylic acids is 5. The normalized spacial score (nSPS) is 26.1. The second kappa shape index (κ2) is 16.6. The lowest BCUT2D eigenvalue weighted by molar-refractivity contribution is -0.141. The number of benzene rings is 2. The molecule has 1 aliphatic carbocycles. The molecule has 17 heteroatoms. The van der Waals surface area contributed by atoms with Crippen molar-refractivity contribution in [1.29, 1.82) is 0 Å². The van der Waals surface area contributed by atoms with Gasteiger partial charge < -0.3 is 25.0 Å². The molecule has 296 valence electrons. The molecule has 14 nitrogen and oxygen atoms in total. The lowest BCUT2D eigenvalue weighted by Crippen LogP contribution is -2.58. The number of allylic oxidation sites excluding steroid dienone is 1. The molecular formula is C38H45ClFN5O9S. The lowest BCUT2D eigenvalue weighted by atomic mass is 10.0. The third kappa shape index (κ3) is 9.23. The number of carbonyl (C=O) groups is 5. The summed E-state index contributed by atoms with van der Waals surface area (Å²) in [6.45, 7) is 3.73. The number of fused-ring (bicyclic) bond motifs is 3. The zero-order chi connectivity index (χ0) is 39.5. The summed E-state index contributed by atoms with van der Waals surface area (Å²) in [5, 5.41) is 5.72. The summed E-state index contributed by atoms with van der Waals surface area (Å²) >= 11 is 5.93. The Morgan fingerprint density at radius 3 is 2.56 bits per heavy atom. The second-order valence-electron chi connectivity index (χ2n) is 14.9. The molecular weight excluding hydrogens is 757 g/mol. The van der Waals surface area contributed by atoms with E-state index < -0.39 is 75.4 Å². The predicted octanol–water partition coefficient (Wildman–Crippen LogP) is 4.55. The molecule has 3 aliphatic heterocycles. The van der Waals surface area contributed by atoms with Gasteiger partial charge in [-0.05, 0) is 67.5 Å². The van der Waals surface area contributed by atoms with E-state index in [1.165, 1.54) is 40.1 Å². The molecule has 1 saturated carbocycles. The van der Waals surface area contributed by atoms with Crippen molar-refractivity contribution in [3.63, 3.8) is 0 Å². The molecule has 0 radical (unpaired) electrons. The van der Waals surface area contributed by atoms with E-state index in [4.69, 9.17) is 21.1 Å². The molecule has 0 spiro atoms. The van der Waals surface area contributed by atoms with Crippen LogP contribution in [0.15, 0.2) is 59.5 Å². The number of sulfonamides is 1. The molecule has 4 aliphatic rings. The van der Waals surface area contributed by atoms with Crippen LogP contribution in [0.5, 0.6) is 0 Å². The van der Waals surface area contributed by atoms with Gasteiger partial charge in [-0.3, -0.25) is 19.3 Å². The minimum atomic E-state index is -4.36. The monoisotopic (exact) mass is 801 g/mol. The summed E-state index contributed by atoms with van der Waals surface area (Å²) in [4.78, 5) is 71.0. The molecule has 55 heavy (non-hydrogen) atoms. The van der Waals surface area contributed by atoms with Crippen molar-refractivity contribution < 1.29 is 46.3 Å². The van der Waals surface area contributed by atoms with E-state index in [1.807, 2.05) is 19.9 Å². The van der Waals surface area contributed by atoms with Gasteiger partial charge in [0.15, 0.2) is 0 Å². The van der Waals surface area contributed by atoms with Gasteiger partial charge in [-0.25, -0.2) is 27.1 Å². The average Bonchev–Trinajstić information content (AvgIpc) is 3.42. The van der Waals surface area contributed by atoms with Crippen molar-refractivity contribution >= 4 is 51.5 Å². The maximum atomic E-state index is 14.4. The Morgan fingerprint density at radius 2 is 1.84 bits per heavy atom. The van der Waals surface area contributed by atoms with Crippen LogP contribution in [0.1, 0.15) is 69.9 Å². The van der Waals surface area contributed by atoms with Crippen LogP contribution in [0.25, 0.3) is 0 Å². The first-order valence-corrected chi connectivity index (χ1v) is 20.3. The second-order valence-corrected chi connectivity index (χ2v) is 17.0. The van der Waals surface area contributed by atoms with Crippen LogP contribution >= 0.6 is 11.6 Å². The average molecular weight is 802 g/mol. The summed E-state index contributed by atoms with van der Waals surface area (Å²) in [5.41, 5.74) is -0.653. The Kier molecular flexibility index (Phi) is 12.0. The summed E-state index contributed by atoms with van der Waals surface area (Å²) in [5.74, 6) is -3.29. The molecule has 3 heterocycles. The predicted molar refractivity (Wildman–Crippen MR) is 197 cm³/mol. The number of ether oxygens (including phenoxy) is 2. The molecule has 5 amide bonds. The van der Waals surface area contributed by atoms with Gasteiger partial charge in [0.1, 0.15) is 29.5 Å². The number of amides is 5. The van der Waals surface area contributed by atoms with Crippen LogP contribution in [0.4, 0.5) is 14.0 Å². The molecule has 2 aromatic rings. The molecule has 0 bridgehead atoms. The van der Waals surface area contributed by atoms with Gasteiger partial charge in [-0.15, -0.1) is 0 Å². The highest BCUT2D eigenvalue weighted by atomic mass is 35.5. The maximum absolute atomic E-state index is 14.4. The van der Waals surface area contributed by atoms with Crippen molar-refractivity contribution in [2.75, 3.05) is 13.2 Å². The van der Waals surface area contributed by atoms with Gasteiger partial charge in [-0.2, -0.15) is 0 Å². The van der Waals surface area contributed by atoms with E-state index in [9.17, 15) is 36.8 Å². The first-order chi connectivity index (χ1) is 26.2. The molecule has 2 fully saturated rings. The van der Waals surface area contributed by atoms with Crippen LogP contribution in [0.2, 0.25) is 5.02 Å². The number of rotatable bonds is 7. The van der Waals surface area contributed by atoms with Gasteiger partial charge in [0, 0.05) is 29.5 Å². The highest BCUT2D eigenvalue weighted by molar-refractivity contribution is 7.90. The quantitative estimate of drug-likeness (QED) is 0.339. The van der Waals surface area contributed by atoms with E-state index in [1.54, 1.807) is 18.2 Å².